The van der Waals surface area contributed by atoms with Crippen LogP contribution in [0.5, 0.6) is 5.75 Å². The highest BCUT2D eigenvalue weighted by Crippen LogP contribution is 2.51. The zero-order valence-electron chi connectivity index (χ0n) is 13.6. The number of nitriles is 1. The molecule has 0 radical (unpaired) electrons. The highest BCUT2D eigenvalue weighted by atomic mass is 16.5. The number of fused-ring (bicyclic) bond motifs is 4. The molecule has 7 nitrogen and oxygen atoms in total. The minimum Gasteiger partial charge on any atom is -0.440 e. The van der Waals surface area contributed by atoms with Gasteiger partial charge in [0.15, 0.2) is 5.41 Å². The molecule has 3 heterocycles. The molecule has 4 rings (SSSR count). The number of hydrogen-bond donors (Lipinski definition) is 2. The Labute approximate surface area is 142 Å². The number of hydrogen-bond acceptors (Lipinski definition) is 5. The van der Waals surface area contributed by atoms with E-state index in [1.54, 1.807) is 44.3 Å². The highest BCUT2D eigenvalue weighted by Gasteiger charge is 2.58. The van der Waals surface area contributed by atoms with E-state index in [1.807, 2.05) is 6.07 Å². The van der Waals surface area contributed by atoms with Gasteiger partial charge in [0.2, 0.25) is 11.8 Å². The van der Waals surface area contributed by atoms with Gasteiger partial charge in [0.25, 0.3) is 5.56 Å². The Balaban J connectivity index is 2.24. The summed E-state index contributed by atoms with van der Waals surface area (Å²) in [6.45, 7) is 1.75. The Bertz CT molecular complexity index is 1090. The molecular weight excluding hydrogens is 320 g/mol. The molecule has 0 aliphatic carbocycles. The Morgan fingerprint density at radius 3 is 2.76 bits per heavy atom. The monoisotopic (exact) mass is 334 g/mol. The van der Waals surface area contributed by atoms with E-state index in [0.29, 0.717) is 16.9 Å². The van der Waals surface area contributed by atoms with Gasteiger partial charge in [0.05, 0.1) is 5.56 Å². The van der Waals surface area contributed by atoms with Gasteiger partial charge in [0.1, 0.15) is 17.4 Å². The normalized spacial score (nSPS) is 20.6. The number of aromatic nitrogens is 1. The number of carbonyl (C=O) groups is 1. The number of anilines is 1. The number of amides is 1. The Morgan fingerprint density at radius 2 is 2.04 bits per heavy atom. The topological polar surface area (TPSA) is 110 Å². The average Bonchev–Trinajstić information content (AvgIpc) is 2.86. The van der Waals surface area contributed by atoms with E-state index in [-0.39, 0.29) is 22.8 Å². The molecule has 2 aromatic rings. The van der Waals surface area contributed by atoms with Gasteiger partial charge in [0, 0.05) is 30.1 Å². The summed E-state index contributed by atoms with van der Waals surface area (Å²) in [6.07, 6.45) is 0. The lowest BCUT2D eigenvalue weighted by molar-refractivity contribution is -0.118. The first kappa shape index (κ1) is 15.0. The summed E-state index contributed by atoms with van der Waals surface area (Å²) >= 11 is 0. The lowest BCUT2D eigenvalue weighted by atomic mass is 9.69. The van der Waals surface area contributed by atoms with Crippen LogP contribution in [0.2, 0.25) is 0 Å². The first-order valence-corrected chi connectivity index (χ1v) is 7.63. The first-order valence-electron chi connectivity index (χ1n) is 7.63. The predicted octanol–water partition coefficient (Wildman–Crippen LogP) is 1.02. The zero-order chi connectivity index (χ0) is 17.9. The fraction of sp³-hybridized carbons (Fsp3) is 0.167. The van der Waals surface area contributed by atoms with Crippen LogP contribution in [-0.2, 0) is 17.3 Å². The van der Waals surface area contributed by atoms with Crippen molar-refractivity contribution in [2.45, 2.75) is 12.3 Å². The fourth-order valence-corrected chi connectivity index (χ4v) is 3.59. The van der Waals surface area contributed by atoms with Crippen LogP contribution in [-0.4, -0.2) is 10.5 Å². The van der Waals surface area contributed by atoms with Crippen LogP contribution < -0.4 is 21.3 Å². The van der Waals surface area contributed by atoms with Crippen LogP contribution in [0.25, 0.3) is 0 Å². The number of benzene rings is 1. The zero-order valence-corrected chi connectivity index (χ0v) is 13.6. The standard InChI is InChI=1S/C18H14N4O3/c1-9-7-13-14(16(23)22(9)2)18(11(8-19)15(20)25-13)10-5-3-4-6-12(10)21-17(18)24/h3-7H,20H2,1-2H3,(H,21,24). The molecule has 2 aliphatic rings. The maximum Gasteiger partial charge on any atom is 0.259 e. The third-order valence-electron chi connectivity index (χ3n) is 4.88. The second-order valence-corrected chi connectivity index (χ2v) is 6.09. The molecule has 0 fully saturated rings. The van der Waals surface area contributed by atoms with Gasteiger partial charge in [-0.1, -0.05) is 18.2 Å². The summed E-state index contributed by atoms with van der Waals surface area (Å²) in [5.74, 6) is -0.461. The van der Waals surface area contributed by atoms with Crippen molar-refractivity contribution in [3.05, 3.63) is 69.0 Å². The van der Waals surface area contributed by atoms with Crippen molar-refractivity contribution in [2.24, 2.45) is 12.8 Å². The van der Waals surface area contributed by atoms with Gasteiger partial charge >= 0.3 is 0 Å². The van der Waals surface area contributed by atoms with E-state index >= 15 is 0 Å². The number of nitrogens with two attached hydrogens (primary N) is 1. The van der Waals surface area contributed by atoms with E-state index in [0.717, 1.165) is 0 Å². The molecule has 25 heavy (non-hydrogen) atoms. The molecule has 0 saturated carbocycles. The van der Waals surface area contributed by atoms with E-state index in [9.17, 15) is 14.9 Å². The van der Waals surface area contributed by atoms with Crippen LogP contribution in [0.3, 0.4) is 0 Å². The van der Waals surface area contributed by atoms with E-state index in [4.69, 9.17) is 10.5 Å². The molecule has 7 heteroatoms. The molecule has 2 aliphatic heterocycles. The number of ether oxygens (including phenoxy) is 1. The van der Waals surface area contributed by atoms with Gasteiger partial charge in [-0.15, -0.1) is 0 Å². The molecule has 1 spiro atoms. The molecule has 0 bridgehead atoms. The molecule has 124 valence electrons. The third-order valence-corrected chi connectivity index (χ3v) is 4.88. The summed E-state index contributed by atoms with van der Waals surface area (Å²) in [6, 6.07) is 10.6. The Morgan fingerprint density at radius 1 is 1.32 bits per heavy atom. The Hall–Kier alpha value is -3.53. The van der Waals surface area contributed by atoms with Crippen LogP contribution in [0, 0.1) is 18.3 Å². The molecule has 3 N–H and O–H groups in total. The fourth-order valence-electron chi connectivity index (χ4n) is 3.59. The van der Waals surface area contributed by atoms with Crippen molar-refractivity contribution in [1.29, 1.82) is 5.26 Å². The van der Waals surface area contributed by atoms with Crippen molar-refractivity contribution in [2.75, 3.05) is 5.32 Å². The molecule has 1 amide bonds. The summed E-state index contributed by atoms with van der Waals surface area (Å²) < 4.78 is 6.97. The van der Waals surface area contributed by atoms with Crippen molar-refractivity contribution in [3.63, 3.8) is 0 Å². The predicted molar refractivity (Wildman–Crippen MR) is 89.7 cm³/mol. The number of nitrogens with zero attached hydrogens (tertiary/aromatic N) is 2. The van der Waals surface area contributed by atoms with Crippen molar-refractivity contribution in [1.82, 2.24) is 4.57 Å². The van der Waals surface area contributed by atoms with Crippen molar-refractivity contribution >= 4 is 11.6 Å². The van der Waals surface area contributed by atoms with Crippen LogP contribution in [0.1, 0.15) is 16.8 Å². The van der Waals surface area contributed by atoms with E-state index < -0.39 is 16.9 Å². The maximum absolute atomic E-state index is 13.1. The summed E-state index contributed by atoms with van der Waals surface area (Å²) in [7, 11) is 1.61. The molecule has 1 atom stereocenters. The van der Waals surface area contributed by atoms with Crippen LogP contribution in [0.15, 0.2) is 46.6 Å². The smallest absolute Gasteiger partial charge is 0.259 e. The lowest BCUT2D eigenvalue weighted by Gasteiger charge is -2.33. The number of aryl methyl sites for hydroxylation is 1. The van der Waals surface area contributed by atoms with Gasteiger partial charge < -0.3 is 20.4 Å². The average molecular weight is 334 g/mol. The summed E-state index contributed by atoms with van der Waals surface area (Å²) in [4.78, 5) is 26.1. The Kier molecular flexibility index (Phi) is 2.85. The van der Waals surface area contributed by atoms with Gasteiger partial charge in [-0.25, -0.2) is 0 Å². The summed E-state index contributed by atoms with van der Waals surface area (Å²) in [5.41, 5.74) is 5.70. The largest absolute Gasteiger partial charge is 0.440 e. The molecular formula is C18H14N4O3. The minimum absolute atomic E-state index is 0.0802. The van der Waals surface area contributed by atoms with E-state index in [2.05, 4.69) is 5.32 Å². The van der Waals surface area contributed by atoms with Gasteiger partial charge in [-0.05, 0) is 13.0 Å². The number of carbonyl (C=O) groups excluding carboxylic acids is 1. The molecule has 0 saturated heterocycles. The number of nitrogens with one attached hydrogen (secondary N) is 1. The molecule has 1 aromatic heterocycles. The van der Waals surface area contributed by atoms with E-state index in [1.165, 1.54) is 4.57 Å². The maximum atomic E-state index is 13.1. The van der Waals surface area contributed by atoms with Crippen LogP contribution >= 0.6 is 0 Å². The SMILES string of the molecule is Cc1cc2c(c(=O)n1C)C1(C(=O)Nc3ccccc31)C(C#N)=C(N)O2. The quantitative estimate of drug-likeness (QED) is 0.747. The lowest BCUT2D eigenvalue weighted by Crippen LogP contribution is -2.47. The van der Waals surface area contributed by atoms with Gasteiger partial charge in [-0.3, -0.25) is 9.59 Å². The minimum atomic E-state index is -1.61. The third kappa shape index (κ3) is 1.63. The van der Waals surface area contributed by atoms with Gasteiger partial charge in [-0.2, -0.15) is 5.26 Å². The van der Waals surface area contributed by atoms with Crippen molar-refractivity contribution < 1.29 is 9.53 Å². The number of pyridine rings is 1. The molecule has 1 aromatic carbocycles. The summed E-state index contributed by atoms with van der Waals surface area (Å²) in [5, 5.41) is 12.5. The first-order chi connectivity index (χ1) is 11.9. The number of para-hydroxylation sites is 1. The number of rotatable bonds is 0. The highest BCUT2D eigenvalue weighted by molar-refractivity contribution is 6.12. The second-order valence-electron chi connectivity index (χ2n) is 6.09. The van der Waals surface area contributed by atoms with Crippen LogP contribution in [0.4, 0.5) is 5.69 Å². The molecule has 1 unspecified atom stereocenters. The van der Waals surface area contributed by atoms with Crippen molar-refractivity contribution in [3.8, 4) is 11.8 Å². The second kappa shape index (κ2) is 4.74.